The Kier molecular flexibility index (Phi) is 23.9. The molecule has 0 saturated heterocycles. The van der Waals surface area contributed by atoms with E-state index in [1.165, 1.54) is 12.8 Å². The zero-order valence-corrected chi connectivity index (χ0v) is 11.9. The van der Waals surface area contributed by atoms with Gasteiger partial charge in [-0.05, 0) is 6.42 Å². The van der Waals surface area contributed by atoms with E-state index in [2.05, 4.69) is 6.92 Å². The molecule has 0 aliphatic carbocycles. The van der Waals surface area contributed by atoms with Crippen molar-refractivity contribution in [2.45, 2.75) is 40.0 Å². The molecule has 4 nitrogen and oxygen atoms in total. The molecule has 0 aliphatic heterocycles. The Morgan fingerprint density at radius 2 is 1.18 bits per heavy atom. The molecule has 0 heterocycles. The lowest BCUT2D eigenvalue weighted by molar-refractivity contribution is 0.0153. The van der Waals surface area contributed by atoms with Crippen LogP contribution in [0.5, 0.6) is 0 Å². The van der Waals surface area contributed by atoms with Crippen LogP contribution >= 0.6 is 0 Å². The molecule has 0 unspecified atom stereocenters. The third-order valence-corrected chi connectivity index (χ3v) is 1.90. The largest absolute Gasteiger partial charge is 0.379 e. The second kappa shape index (κ2) is 21.2. The first kappa shape index (κ1) is 19.2. The van der Waals surface area contributed by atoms with Crippen LogP contribution in [-0.2, 0) is 14.2 Å². The summed E-state index contributed by atoms with van der Waals surface area (Å²) in [5.41, 5.74) is 5.26. The van der Waals surface area contributed by atoms with Crippen molar-refractivity contribution in [2.75, 3.05) is 46.2 Å². The van der Waals surface area contributed by atoms with Crippen LogP contribution in [0.2, 0.25) is 0 Å². The van der Waals surface area contributed by atoms with Gasteiger partial charge >= 0.3 is 0 Å². The molecule has 0 atom stereocenters. The van der Waals surface area contributed by atoms with E-state index in [0.29, 0.717) is 39.6 Å². The molecule has 0 spiro atoms. The lowest BCUT2D eigenvalue weighted by Gasteiger charge is -2.05. The van der Waals surface area contributed by atoms with Gasteiger partial charge in [0.2, 0.25) is 0 Å². The number of nitrogens with two attached hydrogens (primary N) is 1. The first-order valence-electron chi connectivity index (χ1n) is 6.85. The van der Waals surface area contributed by atoms with Crippen LogP contribution < -0.4 is 5.73 Å². The molecule has 106 valence electrons. The lowest BCUT2D eigenvalue weighted by atomic mass is 10.3. The third-order valence-electron chi connectivity index (χ3n) is 1.90. The summed E-state index contributed by atoms with van der Waals surface area (Å²) in [6.07, 6.45) is 3.63. The minimum absolute atomic E-state index is 0.570. The normalized spacial score (nSPS) is 9.88. The molecule has 0 aromatic heterocycles. The maximum absolute atomic E-state index is 5.38. The van der Waals surface area contributed by atoms with Gasteiger partial charge in [-0.3, -0.25) is 0 Å². The van der Waals surface area contributed by atoms with Crippen molar-refractivity contribution >= 4 is 0 Å². The van der Waals surface area contributed by atoms with Gasteiger partial charge < -0.3 is 19.9 Å². The fraction of sp³-hybridized carbons (Fsp3) is 1.00. The molecule has 0 aromatic rings. The van der Waals surface area contributed by atoms with Gasteiger partial charge in [-0.2, -0.15) is 0 Å². The number of unbranched alkanes of at least 4 members (excludes halogenated alkanes) is 2. The molecular weight excluding hydrogens is 218 g/mol. The summed E-state index contributed by atoms with van der Waals surface area (Å²) in [7, 11) is 0. The monoisotopic (exact) mass is 249 g/mol. The van der Waals surface area contributed by atoms with Gasteiger partial charge in [0.05, 0.1) is 33.0 Å². The molecular formula is C13H31NO3. The van der Waals surface area contributed by atoms with Crippen LogP contribution in [0, 0.1) is 0 Å². The second-order valence-electron chi connectivity index (χ2n) is 3.33. The third kappa shape index (κ3) is 21.6. The van der Waals surface area contributed by atoms with Gasteiger partial charge in [-0.15, -0.1) is 0 Å². The van der Waals surface area contributed by atoms with Crippen LogP contribution in [0.4, 0.5) is 0 Å². The number of rotatable bonds is 12. The molecule has 0 aromatic carbocycles. The summed E-state index contributed by atoms with van der Waals surface area (Å²) in [5.74, 6) is 0. The Morgan fingerprint density at radius 1 is 0.706 bits per heavy atom. The first-order chi connectivity index (χ1) is 8.41. The van der Waals surface area contributed by atoms with Gasteiger partial charge in [-0.25, -0.2) is 0 Å². The van der Waals surface area contributed by atoms with Crippen LogP contribution in [0.1, 0.15) is 40.0 Å². The molecule has 2 N–H and O–H groups in total. The summed E-state index contributed by atoms with van der Waals surface area (Å²) in [5, 5.41) is 0. The van der Waals surface area contributed by atoms with Crippen molar-refractivity contribution in [3.8, 4) is 0 Å². The topological polar surface area (TPSA) is 53.7 Å². The summed E-state index contributed by atoms with van der Waals surface area (Å²) >= 11 is 0. The summed E-state index contributed by atoms with van der Waals surface area (Å²) in [6.45, 7) is 10.8. The maximum atomic E-state index is 5.38. The average molecular weight is 249 g/mol. The molecule has 0 fully saturated rings. The predicted molar refractivity (Wildman–Crippen MR) is 72.4 cm³/mol. The quantitative estimate of drug-likeness (QED) is 0.539. The zero-order chi connectivity index (χ0) is 13.2. The van der Waals surface area contributed by atoms with E-state index in [4.69, 9.17) is 19.9 Å². The highest BCUT2D eigenvalue weighted by Gasteiger charge is 1.91. The van der Waals surface area contributed by atoms with E-state index in [1.54, 1.807) is 0 Å². The van der Waals surface area contributed by atoms with Crippen molar-refractivity contribution in [1.29, 1.82) is 0 Å². The highest BCUT2D eigenvalue weighted by Crippen LogP contribution is 1.93. The smallest absolute Gasteiger partial charge is 0.0701 e. The van der Waals surface area contributed by atoms with Crippen LogP contribution in [0.15, 0.2) is 0 Å². The summed E-state index contributed by atoms with van der Waals surface area (Å²) in [6, 6.07) is 0. The van der Waals surface area contributed by atoms with E-state index in [-0.39, 0.29) is 0 Å². The minimum atomic E-state index is 0.570. The SMILES string of the molecule is CC.CCCCCOCCOCCOCCN. The van der Waals surface area contributed by atoms with Gasteiger partial charge in [0.25, 0.3) is 0 Å². The Hall–Kier alpha value is -0.160. The van der Waals surface area contributed by atoms with Crippen molar-refractivity contribution in [3.05, 3.63) is 0 Å². The Morgan fingerprint density at radius 3 is 1.65 bits per heavy atom. The van der Waals surface area contributed by atoms with Gasteiger partial charge in [0.15, 0.2) is 0 Å². The fourth-order valence-corrected chi connectivity index (χ4v) is 1.08. The van der Waals surface area contributed by atoms with E-state index in [9.17, 15) is 0 Å². The highest BCUT2D eigenvalue weighted by molar-refractivity contribution is 4.37. The summed E-state index contributed by atoms with van der Waals surface area (Å²) in [4.78, 5) is 0. The van der Waals surface area contributed by atoms with Crippen molar-refractivity contribution in [1.82, 2.24) is 0 Å². The van der Waals surface area contributed by atoms with Crippen molar-refractivity contribution < 1.29 is 14.2 Å². The number of hydrogen-bond acceptors (Lipinski definition) is 4. The predicted octanol–water partition coefficient (Wildman–Crippen LogP) is 2.21. The molecule has 0 rings (SSSR count). The van der Waals surface area contributed by atoms with E-state index in [1.807, 2.05) is 13.8 Å². The average Bonchev–Trinajstić information content (AvgIpc) is 2.38. The minimum Gasteiger partial charge on any atom is -0.379 e. The Bertz CT molecular complexity index is 101. The molecule has 17 heavy (non-hydrogen) atoms. The first-order valence-corrected chi connectivity index (χ1v) is 6.85. The molecule has 4 heteroatoms. The molecule has 0 radical (unpaired) electrons. The highest BCUT2D eigenvalue weighted by atomic mass is 16.5. The fourth-order valence-electron chi connectivity index (χ4n) is 1.08. The van der Waals surface area contributed by atoms with Crippen LogP contribution in [-0.4, -0.2) is 46.2 Å². The molecule has 0 amide bonds. The zero-order valence-electron chi connectivity index (χ0n) is 11.9. The lowest BCUT2D eigenvalue weighted by Crippen LogP contribution is -2.13. The molecule has 0 saturated carbocycles. The molecule has 0 bridgehead atoms. The van der Waals surface area contributed by atoms with Crippen LogP contribution in [0.25, 0.3) is 0 Å². The van der Waals surface area contributed by atoms with Gasteiger partial charge in [-0.1, -0.05) is 33.6 Å². The van der Waals surface area contributed by atoms with Crippen molar-refractivity contribution in [2.24, 2.45) is 5.73 Å². The van der Waals surface area contributed by atoms with Crippen molar-refractivity contribution in [3.63, 3.8) is 0 Å². The van der Waals surface area contributed by atoms with E-state index >= 15 is 0 Å². The van der Waals surface area contributed by atoms with E-state index in [0.717, 1.165) is 13.0 Å². The van der Waals surface area contributed by atoms with Gasteiger partial charge in [0.1, 0.15) is 0 Å². The Labute approximate surface area is 107 Å². The number of ether oxygens (including phenoxy) is 3. The maximum Gasteiger partial charge on any atom is 0.0701 e. The van der Waals surface area contributed by atoms with Crippen LogP contribution in [0.3, 0.4) is 0 Å². The van der Waals surface area contributed by atoms with E-state index < -0.39 is 0 Å². The number of hydrogen-bond donors (Lipinski definition) is 1. The summed E-state index contributed by atoms with van der Waals surface area (Å²) < 4.78 is 15.8. The standard InChI is InChI=1S/C11H25NO3.C2H6/c1-2-3-4-6-13-8-10-15-11-9-14-7-5-12;1-2/h2-12H2,1H3;1-2H3. The van der Waals surface area contributed by atoms with Gasteiger partial charge in [0, 0.05) is 13.2 Å². The second-order valence-corrected chi connectivity index (χ2v) is 3.33. The Balaban J connectivity index is 0. The molecule has 0 aliphatic rings.